The van der Waals surface area contributed by atoms with Crippen molar-refractivity contribution in [2.24, 2.45) is 5.10 Å². The smallest absolute Gasteiger partial charge is 0.257 e. The average Bonchev–Trinajstić information content (AvgIpc) is 3.08. The molecule has 10 heteroatoms. The lowest BCUT2D eigenvalue weighted by atomic mass is 10.3. The van der Waals surface area contributed by atoms with Crippen LogP contribution in [0.3, 0.4) is 0 Å². The summed E-state index contributed by atoms with van der Waals surface area (Å²) in [6.07, 6.45) is 5.06. The van der Waals surface area contributed by atoms with E-state index in [1.165, 1.54) is 0 Å². The minimum atomic E-state index is 0.285. The highest BCUT2D eigenvalue weighted by atomic mass is 79.9. The molecule has 0 fully saturated rings. The van der Waals surface area contributed by atoms with Gasteiger partial charge in [-0.3, -0.25) is 4.98 Å². The number of benzene rings is 1. The van der Waals surface area contributed by atoms with Crippen molar-refractivity contribution in [2.75, 3.05) is 10.7 Å². The van der Waals surface area contributed by atoms with E-state index in [0.717, 1.165) is 27.1 Å². The van der Waals surface area contributed by atoms with Gasteiger partial charge in [-0.05, 0) is 50.2 Å². The second-order valence-electron chi connectivity index (χ2n) is 6.41. The molecule has 0 unspecified atom stereocenters. The van der Waals surface area contributed by atoms with Crippen LogP contribution in [-0.4, -0.2) is 35.9 Å². The van der Waals surface area contributed by atoms with Crippen LogP contribution in [0.5, 0.6) is 0 Å². The van der Waals surface area contributed by atoms with Crippen LogP contribution in [0.1, 0.15) is 17.0 Å². The molecular formula is C20H18BrN9. The van der Waals surface area contributed by atoms with Gasteiger partial charge in [-0.15, -0.1) is 0 Å². The molecule has 9 nitrogen and oxygen atoms in total. The Bertz CT molecular complexity index is 1170. The van der Waals surface area contributed by atoms with Gasteiger partial charge in [0.2, 0.25) is 11.9 Å². The summed E-state index contributed by atoms with van der Waals surface area (Å²) >= 11 is 3.43. The minimum absolute atomic E-state index is 0.285. The summed E-state index contributed by atoms with van der Waals surface area (Å²) < 4.78 is 2.65. The van der Waals surface area contributed by atoms with Gasteiger partial charge in [0.05, 0.1) is 11.9 Å². The number of nitrogens with one attached hydrogen (secondary N) is 2. The molecule has 0 radical (unpaired) electrons. The van der Waals surface area contributed by atoms with E-state index in [2.05, 4.69) is 56.8 Å². The highest BCUT2D eigenvalue weighted by Gasteiger charge is 2.12. The largest absolute Gasteiger partial charge is 0.324 e. The molecule has 30 heavy (non-hydrogen) atoms. The third-order valence-corrected chi connectivity index (χ3v) is 4.51. The zero-order valence-electron chi connectivity index (χ0n) is 16.3. The molecule has 0 bridgehead atoms. The van der Waals surface area contributed by atoms with E-state index in [-0.39, 0.29) is 5.95 Å². The summed E-state index contributed by atoms with van der Waals surface area (Å²) in [5.41, 5.74) is 6.34. The summed E-state index contributed by atoms with van der Waals surface area (Å²) in [6, 6.07) is 13.4. The zero-order chi connectivity index (χ0) is 20.9. The second kappa shape index (κ2) is 8.78. The van der Waals surface area contributed by atoms with Crippen molar-refractivity contribution in [1.82, 2.24) is 29.7 Å². The van der Waals surface area contributed by atoms with E-state index in [1.807, 2.05) is 56.3 Å². The molecule has 1 aromatic carbocycles. The van der Waals surface area contributed by atoms with Gasteiger partial charge in [-0.1, -0.05) is 22.0 Å². The zero-order valence-corrected chi connectivity index (χ0v) is 17.9. The number of hydrogen-bond donors (Lipinski definition) is 2. The number of aromatic nitrogens is 6. The Morgan fingerprint density at radius 2 is 1.83 bits per heavy atom. The van der Waals surface area contributed by atoms with Crippen LogP contribution >= 0.6 is 15.9 Å². The monoisotopic (exact) mass is 463 g/mol. The minimum Gasteiger partial charge on any atom is -0.324 e. The second-order valence-corrected chi connectivity index (χ2v) is 7.33. The van der Waals surface area contributed by atoms with Crippen molar-refractivity contribution >= 4 is 39.7 Å². The normalized spacial score (nSPS) is 11.0. The maximum atomic E-state index is 4.52. The molecule has 0 saturated heterocycles. The molecule has 4 rings (SSSR count). The van der Waals surface area contributed by atoms with E-state index in [9.17, 15) is 0 Å². The summed E-state index contributed by atoms with van der Waals surface area (Å²) in [4.78, 5) is 17.4. The summed E-state index contributed by atoms with van der Waals surface area (Å²) in [6.45, 7) is 3.86. The Labute approximate surface area is 181 Å². The lowest BCUT2D eigenvalue weighted by Gasteiger charge is -2.09. The van der Waals surface area contributed by atoms with Gasteiger partial charge in [-0.25, -0.2) is 10.1 Å². The molecule has 0 amide bonds. The van der Waals surface area contributed by atoms with Crippen LogP contribution in [0, 0.1) is 13.8 Å². The predicted molar refractivity (Wildman–Crippen MR) is 119 cm³/mol. The quantitative estimate of drug-likeness (QED) is 0.328. The molecule has 150 valence electrons. The Morgan fingerprint density at radius 3 is 2.53 bits per heavy atom. The van der Waals surface area contributed by atoms with E-state index in [4.69, 9.17) is 0 Å². The number of rotatable bonds is 6. The highest BCUT2D eigenvalue weighted by molar-refractivity contribution is 9.10. The van der Waals surface area contributed by atoms with Gasteiger partial charge in [0, 0.05) is 33.8 Å². The molecule has 4 aromatic rings. The lowest BCUT2D eigenvalue weighted by Crippen LogP contribution is -2.11. The van der Waals surface area contributed by atoms with E-state index in [1.54, 1.807) is 23.3 Å². The highest BCUT2D eigenvalue weighted by Crippen LogP contribution is 2.19. The van der Waals surface area contributed by atoms with Gasteiger partial charge in [0.15, 0.2) is 0 Å². The van der Waals surface area contributed by atoms with Crippen LogP contribution in [0.25, 0.3) is 5.95 Å². The molecule has 0 aliphatic heterocycles. The first kappa shape index (κ1) is 19.6. The van der Waals surface area contributed by atoms with Gasteiger partial charge in [0.1, 0.15) is 0 Å². The van der Waals surface area contributed by atoms with Crippen LogP contribution in [0.4, 0.5) is 17.6 Å². The number of halogens is 1. The maximum Gasteiger partial charge on any atom is 0.257 e. The lowest BCUT2D eigenvalue weighted by molar-refractivity contribution is 0.767. The van der Waals surface area contributed by atoms with Gasteiger partial charge >= 0.3 is 0 Å². The van der Waals surface area contributed by atoms with Crippen LogP contribution in [0.15, 0.2) is 64.4 Å². The van der Waals surface area contributed by atoms with Gasteiger partial charge in [0.25, 0.3) is 5.95 Å². The number of hydrogen-bond acceptors (Lipinski definition) is 8. The van der Waals surface area contributed by atoms with Crippen LogP contribution in [-0.2, 0) is 0 Å². The fourth-order valence-electron chi connectivity index (χ4n) is 2.68. The number of aryl methyl sites for hydroxylation is 2. The molecule has 3 aromatic heterocycles. The average molecular weight is 464 g/mol. The number of anilines is 3. The summed E-state index contributed by atoms with van der Waals surface area (Å²) in [7, 11) is 0. The third kappa shape index (κ3) is 4.84. The topological polar surface area (TPSA) is 106 Å². The first-order valence-corrected chi connectivity index (χ1v) is 9.87. The van der Waals surface area contributed by atoms with Crippen molar-refractivity contribution in [3.63, 3.8) is 0 Å². The van der Waals surface area contributed by atoms with Crippen molar-refractivity contribution in [3.8, 4) is 5.95 Å². The van der Waals surface area contributed by atoms with Gasteiger partial charge in [-0.2, -0.15) is 25.2 Å². The Morgan fingerprint density at radius 1 is 1.03 bits per heavy atom. The summed E-state index contributed by atoms with van der Waals surface area (Å²) in [5.74, 6) is 1.04. The maximum absolute atomic E-state index is 4.52. The van der Waals surface area contributed by atoms with Crippen molar-refractivity contribution in [2.45, 2.75) is 13.8 Å². The summed E-state index contributed by atoms with van der Waals surface area (Å²) in [5, 5.41) is 11.9. The molecule has 0 spiro atoms. The Hall–Kier alpha value is -3.66. The number of pyridine rings is 1. The van der Waals surface area contributed by atoms with Crippen molar-refractivity contribution in [1.29, 1.82) is 0 Å². The van der Waals surface area contributed by atoms with Crippen LogP contribution < -0.4 is 10.7 Å². The Kier molecular flexibility index (Phi) is 5.75. The van der Waals surface area contributed by atoms with E-state index >= 15 is 0 Å². The van der Waals surface area contributed by atoms with E-state index in [0.29, 0.717) is 11.9 Å². The fraction of sp³-hybridized carbons (Fsp3) is 0.100. The fourth-order valence-corrected chi connectivity index (χ4v) is 2.94. The first-order valence-electron chi connectivity index (χ1n) is 9.08. The van der Waals surface area contributed by atoms with Crippen molar-refractivity contribution < 1.29 is 0 Å². The van der Waals surface area contributed by atoms with Crippen molar-refractivity contribution in [3.05, 3.63) is 76.3 Å². The first-order chi connectivity index (χ1) is 14.6. The number of hydrazone groups is 1. The third-order valence-electron chi connectivity index (χ3n) is 3.99. The molecular weight excluding hydrogens is 446 g/mol. The molecule has 0 aliphatic carbocycles. The standard InChI is InChI=1S/C20H18BrN9/c1-13-10-14(2)30(29-13)20-26-18(24-17-7-5-16(21)6-8-17)25-19(27-20)28-23-12-15-4-3-9-22-11-15/h3-12H,1-2H3,(H2,24,25,26,27,28)/b23-12-. The molecule has 3 heterocycles. The van der Waals surface area contributed by atoms with E-state index < -0.39 is 0 Å². The van der Waals surface area contributed by atoms with Gasteiger partial charge < -0.3 is 5.32 Å². The number of nitrogens with zero attached hydrogens (tertiary/aromatic N) is 7. The van der Waals surface area contributed by atoms with Crippen LogP contribution in [0.2, 0.25) is 0 Å². The Balaban J connectivity index is 1.65. The molecule has 0 aliphatic rings. The molecule has 0 saturated carbocycles. The predicted octanol–water partition coefficient (Wildman–Crippen LogP) is 4.02. The molecule has 2 N–H and O–H groups in total. The SMILES string of the molecule is Cc1cc(C)n(-c2nc(N/N=C\c3cccnc3)nc(Nc3ccc(Br)cc3)n2)n1. The molecule has 0 atom stereocenters.